The first-order chi connectivity index (χ1) is 11.9. The van der Waals surface area contributed by atoms with E-state index in [1.54, 1.807) is 5.38 Å². The number of hydrogen-bond donors (Lipinski definition) is 2. The molecule has 8 nitrogen and oxygen atoms in total. The first kappa shape index (κ1) is 18.0. The molecule has 0 atom stereocenters. The van der Waals surface area contributed by atoms with Crippen molar-refractivity contribution in [2.75, 3.05) is 31.6 Å². The van der Waals surface area contributed by atoms with Crippen LogP contribution in [0.1, 0.15) is 15.5 Å². The van der Waals surface area contributed by atoms with Gasteiger partial charge in [-0.1, -0.05) is 0 Å². The number of nitrogens with two attached hydrogens (primary N) is 1. The molecule has 3 N–H and O–H groups in total. The molecule has 0 radical (unpaired) electrons. The molecule has 3 rings (SSSR count). The highest BCUT2D eigenvalue weighted by molar-refractivity contribution is 7.89. The van der Waals surface area contributed by atoms with Gasteiger partial charge in [0.05, 0.1) is 24.7 Å². The van der Waals surface area contributed by atoms with E-state index in [1.165, 1.54) is 35.6 Å². The predicted molar refractivity (Wildman–Crippen MR) is 94.0 cm³/mol. The molecule has 1 aliphatic heterocycles. The quantitative estimate of drug-likeness (QED) is 0.793. The highest BCUT2D eigenvalue weighted by atomic mass is 32.2. The Morgan fingerprint density at radius 1 is 1.28 bits per heavy atom. The van der Waals surface area contributed by atoms with Crippen LogP contribution in [0.3, 0.4) is 0 Å². The fraction of sp³-hybridized carbons (Fsp3) is 0.333. The van der Waals surface area contributed by atoms with Crippen molar-refractivity contribution in [1.82, 2.24) is 9.88 Å². The molecule has 0 aliphatic carbocycles. The molecule has 0 bridgehead atoms. The highest BCUT2D eigenvalue weighted by Gasteiger charge is 2.16. The first-order valence-corrected chi connectivity index (χ1v) is 10.0. The molecule has 1 amide bonds. The molecule has 0 saturated carbocycles. The first-order valence-electron chi connectivity index (χ1n) is 7.60. The Labute approximate surface area is 149 Å². The van der Waals surface area contributed by atoms with Crippen LogP contribution in [0.2, 0.25) is 0 Å². The van der Waals surface area contributed by atoms with E-state index in [0.717, 1.165) is 18.1 Å². The SMILES string of the molecule is NS(=O)(=O)c1ccc(NC(=O)c2csc(CN3CCOCC3)n2)cc1. The molecule has 1 saturated heterocycles. The summed E-state index contributed by atoms with van der Waals surface area (Å²) in [5.74, 6) is -0.340. The van der Waals surface area contributed by atoms with Crippen molar-refractivity contribution in [3.63, 3.8) is 0 Å². The molecule has 134 valence electrons. The number of primary sulfonamides is 1. The smallest absolute Gasteiger partial charge is 0.275 e. The third-order valence-electron chi connectivity index (χ3n) is 3.69. The van der Waals surface area contributed by atoms with Gasteiger partial charge in [0.25, 0.3) is 5.91 Å². The van der Waals surface area contributed by atoms with E-state index in [-0.39, 0.29) is 10.8 Å². The average Bonchev–Trinajstić information content (AvgIpc) is 3.04. The van der Waals surface area contributed by atoms with E-state index >= 15 is 0 Å². The Bertz CT molecular complexity index is 843. The number of nitrogens with zero attached hydrogens (tertiary/aromatic N) is 2. The monoisotopic (exact) mass is 382 g/mol. The molecular formula is C15H18N4O4S2. The van der Waals surface area contributed by atoms with Crippen molar-refractivity contribution in [3.05, 3.63) is 40.3 Å². The lowest BCUT2D eigenvalue weighted by molar-refractivity contribution is 0.0341. The summed E-state index contributed by atoms with van der Waals surface area (Å²) in [6.07, 6.45) is 0. The molecule has 2 aromatic rings. The maximum Gasteiger partial charge on any atom is 0.275 e. The largest absolute Gasteiger partial charge is 0.379 e. The maximum absolute atomic E-state index is 12.3. The van der Waals surface area contributed by atoms with Gasteiger partial charge in [-0.25, -0.2) is 18.5 Å². The van der Waals surface area contributed by atoms with E-state index in [2.05, 4.69) is 15.2 Å². The van der Waals surface area contributed by atoms with Crippen LogP contribution in [0, 0.1) is 0 Å². The minimum Gasteiger partial charge on any atom is -0.379 e. The Hall–Kier alpha value is -1.85. The zero-order valence-corrected chi connectivity index (χ0v) is 15.0. The van der Waals surface area contributed by atoms with Crippen molar-refractivity contribution < 1.29 is 17.9 Å². The van der Waals surface area contributed by atoms with Crippen LogP contribution >= 0.6 is 11.3 Å². The van der Waals surface area contributed by atoms with Crippen LogP contribution in [-0.4, -0.2) is 50.5 Å². The molecule has 1 aromatic carbocycles. The summed E-state index contributed by atoms with van der Waals surface area (Å²) in [5.41, 5.74) is 0.809. The summed E-state index contributed by atoms with van der Waals surface area (Å²) in [5, 5.41) is 10.3. The van der Waals surface area contributed by atoms with Crippen LogP contribution < -0.4 is 10.5 Å². The van der Waals surface area contributed by atoms with Gasteiger partial charge in [-0.05, 0) is 24.3 Å². The number of thiazole rings is 1. The number of benzene rings is 1. The topological polar surface area (TPSA) is 115 Å². The molecule has 0 unspecified atom stereocenters. The molecule has 1 aliphatic rings. The number of carbonyl (C=O) groups excluding carboxylic acids is 1. The van der Waals surface area contributed by atoms with Gasteiger partial charge in [0.15, 0.2) is 0 Å². The number of amides is 1. The van der Waals surface area contributed by atoms with Gasteiger partial charge in [0, 0.05) is 24.2 Å². The Kier molecular flexibility index (Phi) is 5.45. The Morgan fingerprint density at radius 3 is 2.60 bits per heavy atom. The van der Waals surface area contributed by atoms with Crippen molar-refractivity contribution in [3.8, 4) is 0 Å². The van der Waals surface area contributed by atoms with Gasteiger partial charge in [-0.2, -0.15) is 0 Å². The Balaban J connectivity index is 1.61. The molecule has 2 heterocycles. The van der Waals surface area contributed by atoms with E-state index < -0.39 is 10.0 Å². The fourth-order valence-corrected chi connectivity index (χ4v) is 3.69. The lowest BCUT2D eigenvalue weighted by Crippen LogP contribution is -2.35. The number of anilines is 1. The van der Waals surface area contributed by atoms with Crippen LogP contribution in [0.15, 0.2) is 34.5 Å². The number of nitrogens with one attached hydrogen (secondary N) is 1. The molecule has 1 aromatic heterocycles. The molecular weight excluding hydrogens is 364 g/mol. The summed E-state index contributed by atoms with van der Waals surface area (Å²) in [6.45, 7) is 3.85. The van der Waals surface area contributed by atoms with Crippen LogP contribution in [0.4, 0.5) is 5.69 Å². The number of rotatable bonds is 5. The van der Waals surface area contributed by atoms with Gasteiger partial charge in [-0.15, -0.1) is 11.3 Å². The number of morpholine rings is 1. The number of carbonyl (C=O) groups is 1. The molecule has 0 spiro atoms. The summed E-state index contributed by atoms with van der Waals surface area (Å²) >= 11 is 1.44. The van der Waals surface area contributed by atoms with Crippen molar-refractivity contribution in [2.24, 2.45) is 5.14 Å². The fourth-order valence-electron chi connectivity index (χ4n) is 2.36. The van der Waals surface area contributed by atoms with E-state index in [1.807, 2.05) is 0 Å². The highest BCUT2D eigenvalue weighted by Crippen LogP contribution is 2.16. The number of hydrogen-bond acceptors (Lipinski definition) is 7. The Morgan fingerprint density at radius 2 is 1.96 bits per heavy atom. The molecule has 1 fully saturated rings. The van der Waals surface area contributed by atoms with Gasteiger partial charge >= 0.3 is 0 Å². The van der Waals surface area contributed by atoms with Crippen LogP contribution in [-0.2, 0) is 21.3 Å². The standard InChI is InChI=1S/C15H18N4O4S2/c16-25(21,22)12-3-1-11(2-4-12)17-15(20)13-10-24-14(18-13)9-19-5-7-23-8-6-19/h1-4,10H,5-9H2,(H,17,20)(H2,16,21,22). The summed E-state index contributed by atoms with van der Waals surface area (Å²) in [6, 6.07) is 5.66. The second-order valence-electron chi connectivity index (χ2n) is 5.54. The van der Waals surface area contributed by atoms with E-state index in [0.29, 0.717) is 31.1 Å². The average molecular weight is 382 g/mol. The summed E-state index contributed by atoms with van der Waals surface area (Å²) in [7, 11) is -3.75. The second-order valence-corrected chi connectivity index (χ2v) is 8.04. The van der Waals surface area contributed by atoms with Crippen molar-refractivity contribution in [1.29, 1.82) is 0 Å². The van der Waals surface area contributed by atoms with Gasteiger partial charge < -0.3 is 10.1 Å². The van der Waals surface area contributed by atoms with Crippen LogP contribution in [0.25, 0.3) is 0 Å². The minimum atomic E-state index is -3.75. The minimum absolute atomic E-state index is 0.00745. The second kappa shape index (κ2) is 7.58. The molecule has 10 heteroatoms. The zero-order valence-electron chi connectivity index (χ0n) is 13.3. The maximum atomic E-state index is 12.3. The normalized spacial score (nSPS) is 15.9. The lowest BCUT2D eigenvalue weighted by atomic mass is 10.3. The van der Waals surface area contributed by atoms with Crippen LogP contribution in [0.5, 0.6) is 0 Å². The van der Waals surface area contributed by atoms with Gasteiger partial charge in [-0.3, -0.25) is 9.69 Å². The lowest BCUT2D eigenvalue weighted by Gasteiger charge is -2.25. The van der Waals surface area contributed by atoms with Gasteiger partial charge in [0.1, 0.15) is 10.7 Å². The number of aromatic nitrogens is 1. The van der Waals surface area contributed by atoms with Gasteiger partial charge in [0.2, 0.25) is 10.0 Å². The van der Waals surface area contributed by atoms with Crippen molar-refractivity contribution in [2.45, 2.75) is 11.4 Å². The molecule has 25 heavy (non-hydrogen) atoms. The number of sulfonamides is 1. The third kappa shape index (κ3) is 4.83. The summed E-state index contributed by atoms with van der Waals surface area (Å²) in [4.78, 5) is 18.8. The number of ether oxygens (including phenoxy) is 1. The zero-order chi connectivity index (χ0) is 17.9. The third-order valence-corrected chi connectivity index (χ3v) is 5.45. The van der Waals surface area contributed by atoms with E-state index in [4.69, 9.17) is 9.88 Å². The van der Waals surface area contributed by atoms with E-state index in [9.17, 15) is 13.2 Å². The predicted octanol–water partition coefficient (Wildman–Crippen LogP) is 0.875. The summed E-state index contributed by atoms with van der Waals surface area (Å²) < 4.78 is 27.8. The van der Waals surface area contributed by atoms with Crippen molar-refractivity contribution >= 4 is 33.0 Å².